The summed E-state index contributed by atoms with van der Waals surface area (Å²) in [4.78, 5) is 22.3. The van der Waals surface area contributed by atoms with Crippen LogP contribution in [-0.4, -0.2) is 68.8 Å². The zero-order chi connectivity index (χ0) is 18.5. The van der Waals surface area contributed by atoms with E-state index in [-0.39, 0.29) is 11.9 Å². The maximum Gasteiger partial charge on any atom is 0.261 e. The monoisotopic (exact) mass is 374 g/mol. The maximum atomic E-state index is 12.7. The van der Waals surface area contributed by atoms with E-state index in [1.165, 1.54) is 11.3 Å². The van der Waals surface area contributed by atoms with Gasteiger partial charge in [-0.2, -0.15) is 0 Å². The molecule has 1 unspecified atom stereocenters. The molecule has 1 amide bonds. The summed E-state index contributed by atoms with van der Waals surface area (Å²) in [5.41, 5.74) is 1.91. The van der Waals surface area contributed by atoms with Gasteiger partial charge in [0.25, 0.3) is 5.91 Å². The number of nitrogens with zero attached hydrogens (tertiary/aromatic N) is 3. The van der Waals surface area contributed by atoms with E-state index in [0.29, 0.717) is 13.2 Å². The van der Waals surface area contributed by atoms with Gasteiger partial charge in [0.05, 0.1) is 23.8 Å². The quantitative estimate of drug-likeness (QED) is 0.841. The van der Waals surface area contributed by atoms with Gasteiger partial charge in [-0.3, -0.25) is 9.78 Å². The molecule has 140 valence electrons. The largest absolute Gasteiger partial charge is 0.378 e. The SMILES string of the molecule is CC(CN(C)C)NC(=O)c1cc(-c2ccccn2)c(N2CCOCC2)s1. The van der Waals surface area contributed by atoms with E-state index < -0.39 is 0 Å². The minimum Gasteiger partial charge on any atom is -0.378 e. The molecular formula is C19H26N4O2S. The number of anilines is 1. The van der Waals surface area contributed by atoms with Gasteiger partial charge in [0.2, 0.25) is 0 Å². The first-order valence-corrected chi connectivity index (χ1v) is 9.70. The van der Waals surface area contributed by atoms with E-state index >= 15 is 0 Å². The van der Waals surface area contributed by atoms with Crippen molar-refractivity contribution in [1.82, 2.24) is 15.2 Å². The van der Waals surface area contributed by atoms with Crippen molar-refractivity contribution >= 4 is 22.2 Å². The molecule has 1 aliphatic heterocycles. The van der Waals surface area contributed by atoms with Crippen LogP contribution in [0.4, 0.5) is 5.00 Å². The van der Waals surface area contributed by atoms with E-state index in [0.717, 1.165) is 40.8 Å². The summed E-state index contributed by atoms with van der Waals surface area (Å²) < 4.78 is 5.47. The summed E-state index contributed by atoms with van der Waals surface area (Å²) >= 11 is 1.53. The normalized spacial score (nSPS) is 15.9. The van der Waals surface area contributed by atoms with Crippen LogP contribution < -0.4 is 10.2 Å². The molecule has 0 aliphatic carbocycles. The Morgan fingerprint density at radius 1 is 1.38 bits per heavy atom. The zero-order valence-corrected chi connectivity index (χ0v) is 16.4. The molecule has 2 aromatic rings. The first kappa shape index (κ1) is 18.8. The minimum atomic E-state index is -0.0268. The van der Waals surface area contributed by atoms with Crippen molar-refractivity contribution in [3.8, 4) is 11.3 Å². The second kappa shape index (κ2) is 8.62. The number of pyridine rings is 1. The van der Waals surface area contributed by atoms with Crippen LogP contribution >= 0.6 is 11.3 Å². The number of amides is 1. The molecule has 1 saturated heterocycles. The molecule has 0 spiro atoms. The van der Waals surface area contributed by atoms with E-state index in [1.807, 2.05) is 45.3 Å². The van der Waals surface area contributed by atoms with Crippen LogP contribution in [-0.2, 0) is 4.74 Å². The van der Waals surface area contributed by atoms with Crippen LogP contribution in [0.3, 0.4) is 0 Å². The fourth-order valence-corrected chi connectivity index (χ4v) is 4.21. The van der Waals surface area contributed by atoms with Crippen LogP contribution in [0.25, 0.3) is 11.3 Å². The third-order valence-corrected chi connectivity index (χ3v) is 5.39. The van der Waals surface area contributed by atoms with Gasteiger partial charge >= 0.3 is 0 Å². The first-order valence-electron chi connectivity index (χ1n) is 8.88. The third-order valence-electron chi connectivity index (χ3n) is 4.19. The van der Waals surface area contributed by atoms with Crippen LogP contribution in [0.15, 0.2) is 30.5 Å². The molecule has 26 heavy (non-hydrogen) atoms. The lowest BCUT2D eigenvalue weighted by Gasteiger charge is -2.28. The Morgan fingerprint density at radius 3 is 2.81 bits per heavy atom. The van der Waals surface area contributed by atoms with Crippen LogP contribution in [0.1, 0.15) is 16.6 Å². The molecule has 2 aromatic heterocycles. The fourth-order valence-electron chi connectivity index (χ4n) is 3.09. The van der Waals surface area contributed by atoms with Gasteiger partial charge in [-0.25, -0.2) is 0 Å². The molecular weight excluding hydrogens is 348 g/mol. The number of carbonyl (C=O) groups excluding carboxylic acids is 1. The second-order valence-electron chi connectivity index (χ2n) is 6.78. The lowest BCUT2D eigenvalue weighted by atomic mass is 10.1. The van der Waals surface area contributed by atoms with Crippen molar-refractivity contribution in [1.29, 1.82) is 0 Å². The molecule has 1 atom stereocenters. The molecule has 3 heterocycles. The number of rotatable bonds is 6. The smallest absolute Gasteiger partial charge is 0.261 e. The van der Waals surface area contributed by atoms with Crippen molar-refractivity contribution in [2.75, 3.05) is 51.8 Å². The number of morpholine rings is 1. The molecule has 1 fully saturated rings. The van der Waals surface area contributed by atoms with Gasteiger partial charge in [-0.1, -0.05) is 6.07 Å². The molecule has 1 N–H and O–H groups in total. The number of ether oxygens (including phenoxy) is 1. The van der Waals surface area contributed by atoms with Crippen LogP contribution in [0.2, 0.25) is 0 Å². The molecule has 0 saturated carbocycles. The number of likely N-dealkylation sites (N-methyl/N-ethyl adjacent to an activating group) is 1. The number of carbonyl (C=O) groups is 1. The van der Waals surface area contributed by atoms with Gasteiger partial charge in [-0.15, -0.1) is 11.3 Å². The number of aromatic nitrogens is 1. The standard InChI is InChI=1S/C19H26N4O2S/c1-14(13-22(2)3)21-18(24)17-12-15(16-6-4-5-7-20-16)19(26-17)23-8-10-25-11-9-23/h4-7,12,14H,8-11,13H2,1-3H3,(H,21,24). The van der Waals surface area contributed by atoms with Crippen molar-refractivity contribution in [2.45, 2.75) is 13.0 Å². The summed E-state index contributed by atoms with van der Waals surface area (Å²) in [7, 11) is 4.01. The zero-order valence-electron chi connectivity index (χ0n) is 15.6. The Hall–Kier alpha value is -1.96. The van der Waals surface area contributed by atoms with Crippen molar-refractivity contribution in [2.24, 2.45) is 0 Å². The van der Waals surface area contributed by atoms with Gasteiger partial charge in [-0.05, 0) is 39.2 Å². The Labute approximate surface area is 158 Å². The molecule has 0 radical (unpaired) electrons. The number of thiophene rings is 1. The molecule has 7 heteroatoms. The van der Waals surface area contributed by atoms with Gasteiger partial charge in [0.15, 0.2) is 0 Å². The van der Waals surface area contributed by atoms with E-state index in [1.54, 1.807) is 6.20 Å². The predicted octanol–water partition coefficient (Wildman–Crippen LogP) is 2.33. The van der Waals surface area contributed by atoms with E-state index in [4.69, 9.17) is 4.74 Å². The van der Waals surface area contributed by atoms with Crippen LogP contribution in [0.5, 0.6) is 0 Å². The highest BCUT2D eigenvalue weighted by molar-refractivity contribution is 7.18. The number of hydrogen-bond acceptors (Lipinski definition) is 6. The Balaban J connectivity index is 1.87. The summed E-state index contributed by atoms with van der Waals surface area (Å²) in [6.07, 6.45) is 1.79. The van der Waals surface area contributed by atoms with Gasteiger partial charge in [0, 0.05) is 37.4 Å². The molecule has 1 aliphatic rings. The second-order valence-corrected chi connectivity index (χ2v) is 7.81. The lowest BCUT2D eigenvalue weighted by molar-refractivity contribution is 0.0938. The number of hydrogen-bond donors (Lipinski definition) is 1. The topological polar surface area (TPSA) is 57.7 Å². The first-order chi connectivity index (χ1) is 12.5. The fraction of sp³-hybridized carbons (Fsp3) is 0.474. The predicted molar refractivity (Wildman–Crippen MR) is 106 cm³/mol. The summed E-state index contributed by atoms with van der Waals surface area (Å²) in [5.74, 6) is -0.0268. The summed E-state index contributed by atoms with van der Waals surface area (Å²) in [5, 5.41) is 4.18. The minimum absolute atomic E-state index is 0.0268. The van der Waals surface area contributed by atoms with Crippen molar-refractivity contribution in [3.05, 3.63) is 35.3 Å². The van der Waals surface area contributed by atoms with Gasteiger partial charge < -0.3 is 19.9 Å². The third kappa shape index (κ3) is 4.60. The highest BCUT2D eigenvalue weighted by atomic mass is 32.1. The highest BCUT2D eigenvalue weighted by Gasteiger charge is 2.23. The average Bonchev–Trinajstić information content (AvgIpc) is 3.08. The maximum absolute atomic E-state index is 12.7. The van der Waals surface area contributed by atoms with Crippen LogP contribution in [0, 0.1) is 0 Å². The van der Waals surface area contributed by atoms with E-state index in [2.05, 4.69) is 20.1 Å². The molecule has 0 bridgehead atoms. The van der Waals surface area contributed by atoms with Gasteiger partial charge in [0.1, 0.15) is 5.00 Å². The highest BCUT2D eigenvalue weighted by Crippen LogP contribution is 2.38. The summed E-state index contributed by atoms with van der Waals surface area (Å²) in [6.45, 7) is 5.91. The molecule has 6 nitrogen and oxygen atoms in total. The van der Waals surface area contributed by atoms with E-state index in [9.17, 15) is 4.79 Å². The summed E-state index contributed by atoms with van der Waals surface area (Å²) in [6, 6.07) is 7.92. The Kier molecular flexibility index (Phi) is 6.24. The average molecular weight is 375 g/mol. The van der Waals surface area contributed by atoms with Crippen molar-refractivity contribution < 1.29 is 9.53 Å². The number of nitrogens with one attached hydrogen (secondary N) is 1. The Bertz CT molecular complexity index is 726. The molecule has 3 rings (SSSR count). The Morgan fingerprint density at radius 2 is 2.15 bits per heavy atom. The molecule has 0 aromatic carbocycles. The lowest BCUT2D eigenvalue weighted by Crippen LogP contribution is -2.39. The van der Waals surface area contributed by atoms with Crippen molar-refractivity contribution in [3.63, 3.8) is 0 Å².